The third-order valence-electron chi connectivity index (χ3n) is 5.83. The second kappa shape index (κ2) is 9.57. The predicted molar refractivity (Wildman–Crippen MR) is 136 cm³/mol. The summed E-state index contributed by atoms with van der Waals surface area (Å²) in [6, 6.07) is 24.9. The Bertz CT molecular complexity index is 1460. The number of nitrogens with zero attached hydrogens (tertiary/aromatic N) is 1. The molecule has 0 aliphatic heterocycles. The zero-order chi connectivity index (χ0) is 24.3. The number of nitrogens with one attached hydrogen (secondary N) is 1. The van der Waals surface area contributed by atoms with E-state index in [9.17, 15) is 13.2 Å². The van der Waals surface area contributed by atoms with Gasteiger partial charge in [-0.1, -0.05) is 60.7 Å². The van der Waals surface area contributed by atoms with E-state index in [1.165, 1.54) is 11.4 Å². The van der Waals surface area contributed by atoms with Crippen molar-refractivity contribution in [3.05, 3.63) is 96.1 Å². The van der Waals surface area contributed by atoms with E-state index < -0.39 is 22.5 Å². The number of methoxy groups -OCH3 is 1. The summed E-state index contributed by atoms with van der Waals surface area (Å²) in [5.41, 5.74) is 2.65. The lowest BCUT2D eigenvalue weighted by Crippen LogP contribution is -2.38. The summed E-state index contributed by atoms with van der Waals surface area (Å²) >= 11 is 0. The molecule has 0 spiro atoms. The van der Waals surface area contributed by atoms with E-state index in [2.05, 4.69) is 5.32 Å². The zero-order valence-corrected chi connectivity index (χ0v) is 20.1. The van der Waals surface area contributed by atoms with E-state index in [4.69, 9.17) is 4.74 Å². The number of carbonyl (C=O) groups excluding carboxylic acids is 1. The van der Waals surface area contributed by atoms with Gasteiger partial charge in [-0.3, -0.25) is 9.10 Å². The lowest BCUT2D eigenvalue weighted by atomic mass is 10.1. The monoisotopic (exact) mass is 474 g/mol. The third-order valence-corrected chi connectivity index (χ3v) is 7.65. The van der Waals surface area contributed by atoms with Crippen LogP contribution in [0, 0.1) is 13.8 Å². The smallest absolute Gasteiger partial charge is 0.265 e. The van der Waals surface area contributed by atoms with E-state index in [1.807, 2.05) is 38.1 Å². The molecule has 0 aliphatic rings. The molecule has 0 aromatic heterocycles. The summed E-state index contributed by atoms with van der Waals surface area (Å²) in [6.07, 6.45) is 0. The van der Waals surface area contributed by atoms with Crippen molar-refractivity contribution in [2.45, 2.75) is 18.7 Å². The Kier molecular flexibility index (Phi) is 6.56. The molecule has 34 heavy (non-hydrogen) atoms. The highest BCUT2D eigenvalue weighted by atomic mass is 32.2. The fraction of sp³-hybridized carbons (Fsp3) is 0.148. The molecule has 0 saturated carbocycles. The van der Waals surface area contributed by atoms with Crippen molar-refractivity contribution in [2.75, 3.05) is 23.3 Å². The number of sulfonamides is 1. The fourth-order valence-corrected chi connectivity index (χ4v) is 5.61. The maximum Gasteiger partial charge on any atom is 0.265 e. The van der Waals surface area contributed by atoms with Crippen LogP contribution in [0.3, 0.4) is 0 Å². The Morgan fingerprint density at radius 3 is 2.35 bits per heavy atom. The first-order valence-electron chi connectivity index (χ1n) is 10.8. The standard InChI is InChI=1S/C27H26N2O4S/c1-19-10-8-15-24(20(19)2)29(18-27(30)28-23-14-6-7-16-25(23)33-3)34(31,32)26-17-9-12-21-11-4-5-13-22(21)26/h4-17H,18H2,1-3H3,(H,28,30). The van der Waals surface area contributed by atoms with Gasteiger partial charge in [-0.05, 0) is 54.6 Å². The van der Waals surface area contributed by atoms with Crippen LogP contribution in [0.1, 0.15) is 11.1 Å². The molecular formula is C27H26N2O4S. The predicted octanol–water partition coefficient (Wildman–Crippen LogP) is 5.30. The van der Waals surface area contributed by atoms with Crippen molar-refractivity contribution in [1.82, 2.24) is 0 Å². The number of aryl methyl sites for hydroxylation is 1. The molecule has 174 valence electrons. The molecule has 4 aromatic rings. The highest BCUT2D eigenvalue weighted by molar-refractivity contribution is 7.93. The van der Waals surface area contributed by atoms with Crippen LogP contribution in [0.15, 0.2) is 89.8 Å². The van der Waals surface area contributed by atoms with Crippen molar-refractivity contribution in [2.24, 2.45) is 0 Å². The number of amides is 1. The number of anilines is 2. The molecule has 0 bridgehead atoms. The van der Waals surface area contributed by atoms with Crippen LogP contribution < -0.4 is 14.4 Å². The minimum Gasteiger partial charge on any atom is -0.495 e. The quantitative estimate of drug-likeness (QED) is 0.394. The SMILES string of the molecule is COc1ccccc1NC(=O)CN(c1cccc(C)c1C)S(=O)(=O)c1cccc2ccccc12. The van der Waals surface area contributed by atoms with E-state index in [-0.39, 0.29) is 4.90 Å². The maximum atomic E-state index is 14.0. The van der Waals surface area contributed by atoms with E-state index in [0.717, 1.165) is 16.5 Å². The first kappa shape index (κ1) is 23.3. The van der Waals surface area contributed by atoms with Crippen molar-refractivity contribution in [1.29, 1.82) is 0 Å². The summed E-state index contributed by atoms with van der Waals surface area (Å²) < 4.78 is 34.6. The second-order valence-electron chi connectivity index (χ2n) is 7.96. The number of rotatable bonds is 7. The molecule has 0 unspecified atom stereocenters. The van der Waals surface area contributed by atoms with Gasteiger partial charge in [0.25, 0.3) is 10.0 Å². The topological polar surface area (TPSA) is 75.7 Å². The minimum atomic E-state index is -4.08. The molecule has 0 heterocycles. The molecule has 7 heteroatoms. The number of carbonyl (C=O) groups is 1. The molecule has 0 fully saturated rings. The number of fused-ring (bicyclic) bond motifs is 1. The summed E-state index contributed by atoms with van der Waals surface area (Å²) in [5.74, 6) is 0.0141. The van der Waals surface area contributed by atoms with E-state index in [0.29, 0.717) is 22.5 Å². The molecule has 0 radical (unpaired) electrons. The zero-order valence-electron chi connectivity index (χ0n) is 19.3. The summed E-state index contributed by atoms with van der Waals surface area (Å²) in [5, 5.41) is 4.20. The molecular weight excluding hydrogens is 448 g/mol. The highest BCUT2D eigenvalue weighted by Crippen LogP contribution is 2.32. The summed E-state index contributed by atoms with van der Waals surface area (Å²) in [6.45, 7) is 3.37. The van der Waals surface area contributed by atoms with Gasteiger partial charge in [0.05, 0.1) is 23.4 Å². The van der Waals surface area contributed by atoms with Crippen molar-refractivity contribution in [3.8, 4) is 5.75 Å². The van der Waals surface area contributed by atoms with Gasteiger partial charge < -0.3 is 10.1 Å². The molecule has 1 N–H and O–H groups in total. The van der Waals surface area contributed by atoms with E-state index >= 15 is 0 Å². The van der Waals surface area contributed by atoms with Crippen LogP contribution in [0.2, 0.25) is 0 Å². The second-order valence-corrected chi connectivity index (χ2v) is 9.79. The fourth-order valence-electron chi connectivity index (χ4n) is 3.91. The molecule has 6 nitrogen and oxygen atoms in total. The minimum absolute atomic E-state index is 0.150. The van der Waals surface area contributed by atoms with Crippen LogP contribution in [0.5, 0.6) is 5.75 Å². The molecule has 0 saturated heterocycles. The Morgan fingerprint density at radius 1 is 0.882 bits per heavy atom. The average Bonchev–Trinajstić information content (AvgIpc) is 2.84. The lowest BCUT2D eigenvalue weighted by molar-refractivity contribution is -0.114. The molecule has 0 aliphatic carbocycles. The van der Waals surface area contributed by atoms with Crippen molar-refractivity contribution < 1.29 is 17.9 Å². The average molecular weight is 475 g/mol. The van der Waals surface area contributed by atoms with Crippen LogP contribution in [0.4, 0.5) is 11.4 Å². The van der Waals surface area contributed by atoms with Crippen LogP contribution in [-0.4, -0.2) is 28.0 Å². The number of hydrogen-bond acceptors (Lipinski definition) is 4. The van der Waals surface area contributed by atoms with Crippen LogP contribution in [0.25, 0.3) is 10.8 Å². The van der Waals surface area contributed by atoms with Crippen molar-refractivity contribution in [3.63, 3.8) is 0 Å². The highest BCUT2D eigenvalue weighted by Gasteiger charge is 2.30. The maximum absolute atomic E-state index is 14.0. The number of benzene rings is 4. The van der Waals surface area contributed by atoms with Gasteiger partial charge in [0.1, 0.15) is 12.3 Å². The Morgan fingerprint density at radius 2 is 1.56 bits per heavy atom. The van der Waals surface area contributed by atoms with Gasteiger partial charge >= 0.3 is 0 Å². The largest absolute Gasteiger partial charge is 0.495 e. The Balaban J connectivity index is 1.80. The van der Waals surface area contributed by atoms with Gasteiger partial charge in [0, 0.05) is 5.39 Å². The summed E-state index contributed by atoms with van der Waals surface area (Å²) in [4.78, 5) is 13.3. The summed E-state index contributed by atoms with van der Waals surface area (Å²) in [7, 11) is -2.57. The number of ether oxygens (including phenoxy) is 1. The van der Waals surface area contributed by atoms with Gasteiger partial charge in [0.2, 0.25) is 5.91 Å². The first-order valence-corrected chi connectivity index (χ1v) is 12.3. The first-order chi connectivity index (χ1) is 16.3. The Hall–Kier alpha value is -3.84. The normalized spacial score (nSPS) is 11.3. The van der Waals surface area contributed by atoms with Crippen LogP contribution in [-0.2, 0) is 14.8 Å². The van der Waals surface area contributed by atoms with E-state index in [1.54, 1.807) is 60.7 Å². The van der Waals surface area contributed by atoms with Gasteiger partial charge in [-0.2, -0.15) is 0 Å². The van der Waals surface area contributed by atoms with Crippen LogP contribution >= 0.6 is 0 Å². The van der Waals surface area contributed by atoms with Gasteiger partial charge in [0.15, 0.2) is 0 Å². The number of para-hydroxylation sites is 2. The Labute approximate surface area is 199 Å². The molecule has 0 atom stereocenters. The molecule has 1 amide bonds. The van der Waals surface area contributed by atoms with Gasteiger partial charge in [-0.25, -0.2) is 8.42 Å². The molecule has 4 rings (SSSR count). The lowest BCUT2D eigenvalue weighted by Gasteiger charge is -2.27. The van der Waals surface area contributed by atoms with Crippen molar-refractivity contribution >= 4 is 38.1 Å². The third kappa shape index (κ3) is 4.47. The number of hydrogen-bond donors (Lipinski definition) is 1. The van der Waals surface area contributed by atoms with Gasteiger partial charge in [-0.15, -0.1) is 0 Å². The molecule has 4 aromatic carbocycles.